The third-order valence-corrected chi connectivity index (χ3v) is 4.08. The van der Waals surface area contributed by atoms with Gasteiger partial charge in [0.1, 0.15) is 5.54 Å². The molecule has 0 amide bonds. The number of carboxylic acid groups (broad SMARTS) is 1. The molecule has 1 aromatic carbocycles. The van der Waals surface area contributed by atoms with Gasteiger partial charge in [0.05, 0.1) is 19.8 Å². The number of hydrogen-bond donors (Lipinski definition) is 2. The van der Waals surface area contributed by atoms with E-state index in [1.54, 1.807) is 0 Å². The standard InChI is InChI=1S/C19H31NO5/c1-6-13(12-19(5,20)18(21)22)14-10-11-15(23-7-2)17(25-9-4)16(14)24-8-3/h10-11,13H,6-9,12,20H2,1-5H3,(H,21,22). The highest BCUT2D eigenvalue weighted by Gasteiger charge is 2.33. The zero-order chi connectivity index (χ0) is 19.0. The second kappa shape index (κ2) is 9.51. The van der Waals surface area contributed by atoms with Crippen LogP contribution in [-0.4, -0.2) is 36.4 Å². The highest BCUT2D eigenvalue weighted by Crippen LogP contribution is 2.45. The van der Waals surface area contributed by atoms with Gasteiger partial charge >= 0.3 is 5.97 Å². The first kappa shape index (κ1) is 21.1. The fourth-order valence-corrected chi connectivity index (χ4v) is 2.80. The summed E-state index contributed by atoms with van der Waals surface area (Å²) in [4.78, 5) is 11.4. The molecule has 0 aliphatic heterocycles. The van der Waals surface area contributed by atoms with Crippen molar-refractivity contribution in [3.8, 4) is 17.2 Å². The monoisotopic (exact) mass is 353 g/mol. The summed E-state index contributed by atoms with van der Waals surface area (Å²) in [6, 6.07) is 3.77. The summed E-state index contributed by atoms with van der Waals surface area (Å²) in [7, 11) is 0. The van der Waals surface area contributed by atoms with E-state index in [0.29, 0.717) is 43.5 Å². The Balaban J connectivity index is 3.39. The predicted octanol–water partition coefficient (Wildman–Crippen LogP) is 3.57. The smallest absolute Gasteiger partial charge is 0.323 e. The maximum absolute atomic E-state index is 11.4. The van der Waals surface area contributed by atoms with Crippen molar-refractivity contribution in [2.45, 2.75) is 58.9 Å². The van der Waals surface area contributed by atoms with Crippen LogP contribution in [0.15, 0.2) is 12.1 Å². The Morgan fingerprint density at radius 3 is 2.12 bits per heavy atom. The van der Waals surface area contributed by atoms with Gasteiger partial charge in [0.25, 0.3) is 0 Å². The fourth-order valence-electron chi connectivity index (χ4n) is 2.80. The second-order valence-electron chi connectivity index (χ2n) is 6.14. The van der Waals surface area contributed by atoms with Gasteiger partial charge in [-0.2, -0.15) is 0 Å². The first-order valence-corrected chi connectivity index (χ1v) is 8.89. The second-order valence-corrected chi connectivity index (χ2v) is 6.14. The van der Waals surface area contributed by atoms with Crippen LogP contribution in [-0.2, 0) is 4.79 Å². The summed E-state index contributed by atoms with van der Waals surface area (Å²) in [6.45, 7) is 10.7. The zero-order valence-electron chi connectivity index (χ0n) is 15.9. The molecule has 0 aliphatic carbocycles. The fraction of sp³-hybridized carbons (Fsp3) is 0.632. The number of benzene rings is 1. The summed E-state index contributed by atoms with van der Waals surface area (Å²) in [5.41, 5.74) is 5.56. The maximum atomic E-state index is 11.4. The lowest BCUT2D eigenvalue weighted by Crippen LogP contribution is -2.46. The number of hydrogen-bond acceptors (Lipinski definition) is 5. The van der Waals surface area contributed by atoms with E-state index in [0.717, 1.165) is 12.0 Å². The Morgan fingerprint density at radius 2 is 1.64 bits per heavy atom. The van der Waals surface area contributed by atoms with Crippen molar-refractivity contribution in [1.82, 2.24) is 0 Å². The Bertz CT molecular complexity index is 571. The molecule has 6 heteroatoms. The maximum Gasteiger partial charge on any atom is 0.323 e. The summed E-state index contributed by atoms with van der Waals surface area (Å²) in [5.74, 6) is 0.724. The van der Waals surface area contributed by atoms with Crippen molar-refractivity contribution in [2.24, 2.45) is 5.73 Å². The summed E-state index contributed by atoms with van der Waals surface area (Å²) < 4.78 is 17.3. The topological polar surface area (TPSA) is 91.0 Å². The normalized spacial score (nSPS) is 14.5. The number of ether oxygens (including phenoxy) is 3. The van der Waals surface area contributed by atoms with Crippen LogP contribution in [0.5, 0.6) is 17.2 Å². The molecule has 0 aromatic heterocycles. The molecule has 25 heavy (non-hydrogen) atoms. The molecule has 2 unspecified atom stereocenters. The van der Waals surface area contributed by atoms with Gasteiger partial charge in [-0.15, -0.1) is 0 Å². The number of nitrogens with two attached hydrogens (primary N) is 1. The molecule has 3 N–H and O–H groups in total. The van der Waals surface area contributed by atoms with Crippen molar-refractivity contribution in [1.29, 1.82) is 0 Å². The van der Waals surface area contributed by atoms with Crippen molar-refractivity contribution < 1.29 is 24.1 Å². The van der Waals surface area contributed by atoms with Crippen molar-refractivity contribution in [3.05, 3.63) is 17.7 Å². The molecule has 0 saturated carbocycles. The molecule has 6 nitrogen and oxygen atoms in total. The molecule has 2 atom stereocenters. The van der Waals surface area contributed by atoms with E-state index < -0.39 is 11.5 Å². The van der Waals surface area contributed by atoms with E-state index in [2.05, 4.69) is 0 Å². The lowest BCUT2D eigenvalue weighted by atomic mass is 9.83. The number of carboxylic acids is 1. The van der Waals surface area contributed by atoms with E-state index in [9.17, 15) is 9.90 Å². The molecule has 0 fully saturated rings. The summed E-state index contributed by atoms with van der Waals surface area (Å²) in [6.07, 6.45) is 1.04. The first-order valence-electron chi connectivity index (χ1n) is 8.89. The minimum absolute atomic E-state index is 0.0671. The highest BCUT2D eigenvalue weighted by atomic mass is 16.5. The predicted molar refractivity (Wildman–Crippen MR) is 97.8 cm³/mol. The van der Waals surface area contributed by atoms with Gasteiger partial charge < -0.3 is 25.1 Å². The van der Waals surface area contributed by atoms with Crippen LogP contribution in [0.1, 0.15) is 58.9 Å². The van der Waals surface area contributed by atoms with Crippen LogP contribution < -0.4 is 19.9 Å². The van der Waals surface area contributed by atoms with Crippen LogP contribution in [0, 0.1) is 0 Å². The first-order chi connectivity index (χ1) is 11.8. The lowest BCUT2D eigenvalue weighted by Gasteiger charge is -2.28. The zero-order valence-corrected chi connectivity index (χ0v) is 15.9. The van der Waals surface area contributed by atoms with Crippen LogP contribution in [0.2, 0.25) is 0 Å². The largest absolute Gasteiger partial charge is 0.490 e. The molecule has 0 heterocycles. The highest BCUT2D eigenvalue weighted by molar-refractivity contribution is 5.78. The molecule has 0 aliphatic rings. The van der Waals surface area contributed by atoms with E-state index in [4.69, 9.17) is 19.9 Å². The Hall–Kier alpha value is -1.95. The molecule has 0 radical (unpaired) electrons. The SMILES string of the molecule is CCOc1ccc(C(CC)CC(C)(N)C(=O)O)c(OCC)c1OCC. The molecule has 0 bridgehead atoms. The minimum atomic E-state index is -1.31. The molecule has 1 aromatic rings. The van der Waals surface area contributed by atoms with E-state index in [-0.39, 0.29) is 5.92 Å². The Labute approximate surface area is 150 Å². The summed E-state index contributed by atoms with van der Waals surface area (Å²) >= 11 is 0. The van der Waals surface area contributed by atoms with E-state index in [1.165, 1.54) is 6.92 Å². The van der Waals surface area contributed by atoms with E-state index >= 15 is 0 Å². The van der Waals surface area contributed by atoms with Crippen LogP contribution >= 0.6 is 0 Å². The summed E-state index contributed by atoms with van der Waals surface area (Å²) in [5, 5.41) is 9.36. The minimum Gasteiger partial charge on any atom is -0.490 e. The van der Waals surface area contributed by atoms with Crippen LogP contribution in [0.25, 0.3) is 0 Å². The third kappa shape index (κ3) is 5.26. The molecule has 142 valence electrons. The average molecular weight is 353 g/mol. The van der Waals surface area contributed by atoms with Gasteiger partial charge in [0.2, 0.25) is 5.75 Å². The molecular formula is C19H31NO5. The number of carbonyl (C=O) groups is 1. The van der Waals surface area contributed by atoms with Gasteiger partial charge in [-0.25, -0.2) is 0 Å². The molecule has 0 saturated heterocycles. The van der Waals surface area contributed by atoms with Crippen molar-refractivity contribution in [2.75, 3.05) is 19.8 Å². The molecule has 0 spiro atoms. The van der Waals surface area contributed by atoms with Gasteiger partial charge in [-0.3, -0.25) is 4.79 Å². The van der Waals surface area contributed by atoms with Crippen molar-refractivity contribution >= 4 is 5.97 Å². The van der Waals surface area contributed by atoms with Gasteiger partial charge in [0.15, 0.2) is 11.5 Å². The number of aliphatic carboxylic acids is 1. The molecular weight excluding hydrogens is 322 g/mol. The quantitative estimate of drug-likeness (QED) is 0.632. The Morgan fingerprint density at radius 1 is 1.08 bits per heavy atom. The van der Waals surface area contributed by atoms with Crippen LogP contribution in [0.3, 0.4) is 0 Å². The average Bonchev–Trinajstić information content (AvgIpc) is 2.56. The van der Waals surface area contributed by atoms with E-state index in [1.807, 2.05) is 39.8 Å². The van der Waals surface area contributed by atoms with Crippen molar-refractivity contribution in [3.63, 3.8) is 0 Å². The van der Waals surface area contributed by atoms with Gasteiger partial charge in [-0.1, -0.05) is 13.0 Å². The third-order valence-electron chi connectivity index (χ3n) is 4.08. The number of rotatable bonds is 11. The van der Waals surface area contributed by atoms with Gasteiger partial charge in [0, 0.05) is 5.56 Å². The van der Waals surface area contributed by atoms with Crippen LogP contribution in [0.4, 0.5) is 0 Å². The lowest BCUT2D eigenvalue weighted by molar-refractivity contribution is -0.143. The Kier molecular flexibility index (Phi) is 8.03. The molecule has 1 rings (SSSR count). The van der Waals surface area contributed by atoms with Gasteiger partial charge in [-0.05, 0) is 52.5 Å².